The average molecular weight is 448 g/mol. The van der Waals surface area contributed by atoms with Crippen LogP contribution < -0.4 is 9.93 Å². The van der Waals surface area contributed by atoms with E-state index in [1.165, 1.54) is 18.2 Å². The number of anilines is 1. The fourth-order valence-corrected chi connectivity index (χ4v) is 4.78. The summed E-state index contributed by atoms with van der Waals surface area (Å²) in [6.45, 7) is 3.81. The number of para-hydroxylation sites is 1. The monoisotopic (exact) mass is 447 g/mol. The van der Waals surface area contributed by atoms with Gasteiger partial charge in [0.25, 0.3) is 15.9 Å². The Bertz CT molecular complexity index is 1450. The summed E-state index contributed by atoms with van der Waals surface area (Å²) >= 11 is 0. The van der Waals surface area contributed by atoms with Crippen molar-refractivity contribution in [3.63, 3.8) is 0 Å². The van der Waals surface area contributed by atoms with Crippen LogP contribution in [0, 0.1) is 6.92 Å². The van der Waals surface area contributed by atoms with Crippen LogP contribution >= 0.6 is 0 Å². The molecule has 1 aromatic heterocycles. The Morgan fingerprint density at radius 3 is 2.25 bits per heavy atom. The van der Waals surface area contributed by atoms with E-state index in [4.69, 9.17) is 4.42 Å². The van der Waals surface area contributed by atoms with Gasteiger partial charge in [0.1, 0.15) is 11.1 Å². The van der Waals surface area contributed by atoms with Gasteiger partial charge in [0, 0.05) is 5.39 Å². The van der Waals surface area contributed by atoms with E-state index in [9.17, 15) is 18.0 Å². The number of aryl methyl sites for hydroxylation is 2. The van der Waals surface area contributed by atoms with Crippen molar-refractivity contribution in [2.75, 3.05) is 4.31 Å². The molecular formula is C25H21NO5S. The average Bonchev–Trinajstić information content (AvgIpc) is 2.79. The number of hydrogen-bond acceptors (Lipinski definition) is 5. The number of nitrogens with zero attached hydrogens (tertiary/aromatic N) is 1. The molecule has 1 amide bonds. The minimum atomic E-state index is -4.30. The van der Waals surface area contributed by atoms with Crippen molar-refractivity contribution in [2.24, 2.45) is 0 Å². The summed E-state index contributed by atoms with van der Waals surface area (Å²) in [5.41, 5.74) is 1.06. The molecule has 0 bridgehead atoms. The topological polar surface area (TPSA) is 84.7 Å². The van der Waals surface area contributed by atoms with E-state index in [1.54, 1.807) is 60.7 Å². The van der Waals surface area contributed by atoms with E-state index in [0.29, 0.717) is 15.3 Å². The smallest absolute Gasteiger partial charge is 0.349 e. The van der Waals surface area contributed by atoms with Gasteiger partial charge in [-0.15, -0.1) is 0 Å². The van der Waals surface area contributed by atoms with Gasteiger partial charge in [0.15, 0.2) is 0 Å². The molecule has 0 N–H and O–H groups in total. The fraction of sp³-hybridized carbons (Fsp3) is 0.120. The highest BCUT2D eigenvalue weighted by Crippen LogP contribution is 2.27. The largest absolute Gasteiger partial charge is 0.422 e. The van der Waals surface area contributed by atoms with Gasteiger partial charge in [-0.3, -0.25) is 4.79 Å². The number of carbonyl (C=O) groups excluding carboxylic acids is 1. The quantitative estimate of drug-likeness (QED) is 0.414. The van der Waals surface area contributed by atoms with Crippen molar-refractivity contribution >= 4 is 32.6 Å². The molecule has 0 aliphatic carbocycles. The van der Waals surface area contributed by atoms with Crippen LogP contribution in [-0.4, -0.2) is 14.3 Å². The van der Waals surface area contributed by atoms with E-state index in [1.807, 2.05) is 13.8 Å². The molecule has 7 heteroatoms. The lowest BCUT2D eigenvalue weighted by Gasteiger charge is -2.23. The van der Waals surface area contributed by atoms with E-state index >= 15 is 0 Å². The number of benzene rings is 3. The lowest BCUT2D eigenvalue weighted by atomic mass is 10.1. The predicted octanol–water partition coefficient (Wildman–Crippen LogP) is 4.70. The standard InChI is InChI=1S/C25H21NO5S/c1-3-18-10-12-20(13-11-18)26(32(29,30)21-14-8-17(2)9-15-21)24(27)22-16-19-6-4-5-7-23(19)31-25(22)28/h4-16H,3H2,1-2H3. The summed E-state index contributed by atoms with van der Waals surface area (Å²) in [4.78, 5) is 26.1. The first-order valence-corrected chi connectivity index (χ1v) is 11.5. The van der Waals surface area contributed by atoms with Crippen molar-refractivity contribution in [3.05, 3.63) is 106 Å². The summed E-state index contributed by atoms with van der Waals surface area (Å²) < 4.78 is 33.1. The van der Waals surface area contributed by atoms with E-state index in [0.717, 1.165) is 17.5 Å². The van der Waals surface area contributed by atoms with Crippen LogP contribution in [0.4, 0.5) is 5.69 Å². The zero-order chi connectivity index (χ0) is 22.9. The van der Waals surface area contributed by atoms with Gasteiger partial charge in [-0.2, -0.15) is 4.31 Å². The summed E-state index contributed by atoms with van der Waals surface area (Å²) in [5.74, 6) is -0.977. The van der Waals surface area contributed by atoms with Crippen molar-refractivity contribution < 1.29 is 17.6 Å². The van der Waals surface area contributed by atoms with Crippen molar-refractivity contribution in [2.45, 2.75) is 25.2 Å². The molecule has 4 aromatic rings. The summed E-state index contributed by atoms with van der Waals surface area (Å²) in [6, 6.07) is 20.9. The molecule has 0 fully saturated rings. The first-order chi connectivity index (χ1) is 15.3. The summed E-state index contributed by atoms with van der Waals surface area (Å²) in [6.07, 6.45) is 0.757. The molecule has 162 valence electrons. The Morgan fingerprint density at radius 2 is 1.59 bits per heavy atom. The maximum atomic E-state index is 13.6. The number of hydrogen-bond donors (Lipinski definition) is 0. The Hall–Kier alpha value is -3.71. The molecule has 0 aliphatic heterocycles. The summed E-state index contributed by atoms with van der Waals surface area (Å²) in [7, 11) is -4.30. The van der Waals surface area contributed by atoms with Gasteiger partial charge in [-0.1, -0.05) is 55.0 Å². The molecular weight excluding hydrogens is 426 g/mol. The molecule has 0 saturated heterocycles. The highest BCUT2D eigenvalue weighted by Gasteiger charge is 2.33. The zero-order valence-corrected chi connectivity index (χ0v) is 18.4. The van der Waals surface area contributed by atoms with Crippen LogP contribution in [0.2, 0.25) is 0 Å². The third-order valence-electron chi connectivity index (χ3n) is 5.19. The normalized spacial score (nSPS) is 11.4. The second-order valence-corrected chi connectivity index (χ2v) is 9.18. The van der Waals surface area contributed by atoms with Crippen LogP contribution in [-0.2, 0) is 16.4 Å². The first-order valence-electron chi connectivity index (χ1n) is 10.1. The van der Waals surface area contributed by atoms with Gasteiger partial charge in [0.2, 0.25) is 0 Å². The third kappa shape index (κ3) is 3.94. The number of rotatable bonds is 5. The molecule has 0 saturated carbocycles. The molecule has 6 nitrogen and oxygen atoms in total. The number of carbonyl (C=O) groups is 1. The maximum Gasteiger partial charge on any atom is 0.349 e. The lowest BCUT2D eigenvalue weighted by Crippen LogP contribution is -2.39. The molecule has 32 heavy (non-hydrogen) atoms. The third-order valence-corrected chi connectivity index (χ3v) is 6.92. The van der Waals surface area contributed by atoms with Crippen LogP contribution in [0.15, 0.2) is 93.0 Å². The van der Waals surface area contributed by atoms with Crippen LogP contribution in [0.3, 0.4) is 0 Å². The SMILES string of the molecule is CCc1ccc(N(C(=O)c2cc3ccccc3oc2=O)S(=O)(=O)c2ccc(C)cc2)cc1. The van der Waals surface area contributed by atoms with E-state index < -0.39 is 21.6 Å². The van der Waals surface area contributed by atoms with Gasteiger partial charge in [0.05, 0.1) is 10.6 Å². The molecule has 4 rings (SSSR count). The molecule has 0 atom stereocenters. The molecule has 0 unspecified atom stereocenters. The number of sulfonamides is 1. The van der Waals surface area contributed by atoms with Crippen LogP contribution in [0.5, 0.6) is 0 Å². The van der Waals surface area contributed by atoms with Crippen LogP contribution in [0.1, 0.15) is 28.4 Å². The van der Waals surface area contributed by atoms with Gasteiger partial charge < -0.3 is 4.42 Å². The highest BCUT2D eigenvalue weighted by atomic mass is 32.2. The Morgan fingerprint density at radius 1 is 0.938 bits per heavy atom. The molecule has 0 radical (unpaired) electrons. The van der Waals surface area contributed by atoms with Crippen LogP contribution in [0.25, 0.3) is 11.0 Å². The molecule has 1 heterocycles. The van der Waals surface area contributed by atoms with Gasteiger partial charge in [-0.25, -0.2) is 13.2 Å². The molecule has 0 spiro atoms. The Balaban J connectivity index is 1.91. The van der Waals surface area contributed by atoms with E-state index in [-0.39, 0.29) is 16.1 Å². The molecule has 0 aliphatic rings. The zero-order valence-electron chi connectivity index (χ0n) is 17.6. The minimum Gasteiger partial charge on any atom is -0.422 e. The Labute approximate surface area is 185 Å². The van der Waals surface area contributed by atoms with Gasteiger partial charge in [-0.05, 0) is 55.3 Å². The summed E-state index contributed by atoms with van der Waals surface area (Å²) in [5, 5.41) is 0.518. The maximum absolute atomic E-state index is 13.6. The number of fused-ring (bicyclic) bond motifs is 1. The first kappa shape index (κ1) is 21.5. The van der Waals surface area contributed by atoms with Crippen molar-refractivity contribution in [1.82, 2.24) is 0 Å². The van der Waals surface area contributed by atoms with Gasteiger partial charge >= 0.3 is 5.63 Å². The minimum absolute atomic E-state index is 0.0544. The van der Waals surface area contributed by atoms with Crippen molar-refractivity contribution in [1.29, 1.82) is 0 Å². The van der Waals surface area contributed by atoms with Crippen molar-refractivity contribution in [3.8, 4) is 0 Å². The number of amides is 1. The Kier molecular flexibility index (Phi) is 5.67. The fourth-order valence-electron chi connectivity index (χ4n) is 3.37. The molecule has 3 aromatic carbocycles. The second-order valence-electron chi connectivity index (χ2n) is 7.39. The highest BCUT2D eigenvalue weighted by molar-refractivity contribution is 7.93. The second kappa shape index (κ2) is 8.43. The lowest BCUT2D eigenvalue weighted by molar-refractivity contribution is 0.100. The predicted molar refractivity (Wildman–Crippen MR) is 123 cm³/mol. The van der Waals surface area contributed by atoms with E-state index in [2.05, 4.69) is 0 Å².